The Morgan fingerprint density at radius 1 is 1.10 bits per heavy atom. The number of hydrogen-bond donors (Lipinski definition) is 2. The Bertz CT molecular complexity index is 459. The zero-order valence-electron chi connectivity index (χ0n) is 11.9. The van der Waals surface area contributed by atoms with Gasteiger partial charge in [-0.1, -0.05) is 26.0 Å². The second-order valence-electron chi connectivity index (χ2n) is 4.54. The highest BCUT2D eigenvalue weighted by molar-refractivity contribution is 9.10. The predicted octanol–water partition coefficient (Wildman–Crippen LogP) is 2.73. The number of nitrogens with one attached hydrogen (secondary N) is 2. The standard InChI is InChI=1S/C15H21BrN2O2/c1-3-11(4-2)14(19)17-9-10-18-15(20)12-7-5-6-8-13(12)16/h5-8,11H,3-4,9-10H2,1-2H3,(H,17,19)(H,18,20). The van der Waals surface area contributed by atoms with E-state index in [0.29, 0.717) is 18.7 Å². The van der Waals surface area contributed by atoms with Crippen molar-refractivity contribution in [1.82, 2.24) is 10.6 Å². The molecule has 0 atom stereocenters. The summed E-state index contributed by atoms with van der Waals surface area (Å²) >= 11 is 3.34. The van der Waals surface area contributed by atoms with Crippen LogP contribution in [0, 0.1) is 5.92 Å². The molecule has 2 amide bonds. The molecule has 0 aliphatic heterocycles. The maximum Gasteiger partial charge on any atom is 0.252 e. The summed E-state index contributed by atoms with van der Waals surface area (Å²) in [6.45, 7) is 4.88. The van der Waals surface area contributed by atoms with Crippen LogP contribution in [0.25, 0.3) is 0 Å². The van der Waals surface area contributed by atoms with Gasteiger partial charge >= 0.3 is 0 Å². The van der Waals surface area contributed by atoms with Crippen molar-refractivity contribution in [1.29, 1.82) is 0 Å². The van der Waals surface area contributed by atoms with Gasteiger partial charge in [0.2, 0.25) is 5.91 Å². The number of carbonyl (C=O) groups excluding carboxylic acids is 2. The smallest absolute Gasteiger partial charge is 0.252 e. The molecule has 0 saturated carbocycles. The average Bonchev–Trinajstić information content (AvgIpc) is 2.45. The summed E-state index contributed by atoms with van der Waals surface area (Å²) in [4.78, 5) is 23.6. The van der Waals surface area contributed by atoms with Crippen molar-refractivity contribution < 1.29 is 9.59 Å². The molecule has 1 aromatic rings. The molecule has 0 radical (unpaired) electrons. The first-order valence-corrected chi connectivity index (χ1v) is 7.69. The van der Waals surface area contributed by atoms with E-state index in [1.807, 2.05) is 32.0 Å². The summed E-state index contributed by atoms with van der Waals surface area (Å²) in [6.07, 6.45) is 1.68. The van der Waals surface area contributed by atoms with Crippen LogP contribution >= 0.6 is 15.9 Å². The fraction of sp³-hybridized carbons (Fsp3) is 0.467. The molecule has 0 saturated heterocycles. The van der Waals surface area contributed by atoms with Crippen molar-refractivity contribution >= 4 is 27.7 Å². The van der Waals surface area contributed by atoms with E-state index in [0.717, 1.165) is 17.3 Å². The number of hydrogen-bond acceptors (Lipinski definition) is 2. The number of benzene rings is 1. The third-order valence-electron chi connectivity index (χ3n) is 3.18. The highest BCUT2D eigenvalue weighted by Gasteiger charge is 2.13. The van der Waals surface area contributed by atoms with Crippen LogP contribution in [0.5, 0.6) is 0 Å². The Balaban J connectivity index is 2.33. The monoisotopic (exact) mass is 340 g/mol. The first kappa shape index (κ1) is 16.7. The maximum atomic E-state index is 11.9. The van der Waals surface area contributed by atoms with E-state index in [9.17, 15) is 9.59 Å². The fourth-order valence-corrected chi connectivity index (χ4v) is 2.37. The van der Waals surface area contributed by atoms with E-state index in [-0.39, 0.29) is 17.7 Å². The fourth-order valence-electron chi connectivity index (χ4n) is 1.91. The van der Waals surface area contributed by atoms with Gasteiger partial charge in [-0.3, -0.25) is 9.59 Å². The van der Waals surface area contributed by atoms with Gasteiger partial charge in [-0.25, -0.2) is 0 Å². The topological polar surface area (TPSA) is 58.2 Å². The molecule has 0 unspecified atom stereocenters. The van der Waals surface area contributed by atoms with Gasteiger partial charge in [0.25, 0.3) is 5.91 Å². The molecule has 0 bridgehead atoms. The van der Waals surface area contributed by atoms with Crippen LogP contribution in [0.1, 0.15) is 37.0 Å². The summed E-state index contributed by atoms with van der Waals surface area (Å²) in [7, 11) is 0. The SMILES string of the molecule is CCC(CC)C(=O)NCCNC(=O)c1ccccc1Br. The number of rotatable bonds is 7. The molecule has 0 aliphatic carbocycles. The summed E-state index contributed by atoms with van der Waals surface area (Å²) in [6, 6.07) is 7.25. The predicted molar refractivity (Wildman–Crippen MR) is 83.6 cm³/mol. The van der Waals surface area contributed by atoms with Crippen molar-refractivity contribution in [2.75, 3.05) is 13.1 Å². The van der Waals surface area contributed by atoms with Gasteiger partial charge in [0.05, 0.1) is 5.56 Å². The van der Waals surface area contributed by atoms with Crippen molar-refractivity contribution in [2.45, 2.75) is 26.7 Å². The number of halogens is 1. The molecule has 0 aromatic heterocycles. The van der Waals surface area contributed by atoms with Crippen LogP contribution in [-0.2, 0) is 4.79 Å². The zero-order chi connectivity index (χ0) is 15.0. The van der Waals surface area contributed by atoms with Crippen molar-refractivity contribution in [2.24, 2.45) is 5.92 Å². The highest BCUT2D eigenvalue weighted by atomic mass is 79.9. The van der Waals surface area contributed by atoms with E-state index >= 15 is 0 Å². The van der Waals surface area contributed by atoms with Gasteiger partial charge < -0.3 is 10.6 Å². The molecule has 1 aromatic carbocycles. The molecule has 4 nitrogen and oxygen atoms in total. The van der Waals surface area contributed by atoms with E-state index in [4.69, 9.17) is 0 Å². The van der Waals surface area contributed by atoms with Gasteiger partial charge in [0, 0.05) is 23.5 Å². The van der Waals surface area contributed by atoms with Crippen LogP contribution in [0.4, 0.5) is 0 Å². The lowest BCUT2D eigenvalue weighted by atomic mass is 10.0. The quantitative estimate of drug-likeness (QED) is 0.750. The van der Waals surface area contributed by atoms with E-state index in [2.05, 4.69) is 26.6 Å². The Kier molecular flexibility index (Phi) is 7.30. The highest BCUT2D eigenvalue weighted by Crippen LogP contribution is 2.15. The molecule has 5 heteroatoms. The molecule has 0 aliphatic rings. The molecule has 0 fully saturated rings. The van der Waals surface area contributed by atoms with Gasteiger partial charge in [-0.2, -0.15) is 0 Å². The van der Waals surface area contributed by atoms with Crippen LogP contribution in [0.3, 0.4) is 0 Å². The molecular weight excluding hydrogens is 320 g/mol. The molecule has 0 spiro atoms. The van der Waals surface area contributed by atoms with Gasteiger partial charge in [-0.15, -0.1) is 0 Å². The second kappa shape index (κ2) is 8.74. The maximum absolute atomic E-state index is 11.9. The summed E-state index contributed by atoms with van der Waals surface area (Å²) in [5.41, 5.74) is 0.596. The molecule has 1 rings (SSSR count). The Morgan fingerprint density at radius 2 is 1.70 bits per heavy atom. The van der Waals surface area contributed by atoms with Crippen LogP contribution in [0.15, 0.2) is 28.7 Å². The lowest BCUT2D eigenvalue weighted by Crippen LogP contribution is -2.37. The molecule has 110 valence electrons. The Morgan fingerprint density at radius 3 is 2.30 bits per heavy atom. The lowest BCUT2D eigenvalue weighted by Gasteiger charge is -2.13. The van der Waals surface area contributed by atoms with Crippen LogP contribution in [0.2, 0.25) is 0 Å². The third-order valence-corrected chi connectivity index (χ3v) is 3.88. The van der Waals surface area contributed by atoms with Crippen molar-refractivity contribution in [3.63, 3.8) is 0 Å². The van der Waals surface area contributed by atoms with E-state index in [1.54, 1.807) is 6.07 Å². The minimum atomic E-state index is -0.144. The van der Waals surface area contributed by atoms with Crippen molar-refractivity contribution in [3.8, 4) is 0 Å². The second-order valence-corrected chi connectivity index (χ2v) is 5.39. The minimum absolute atomic E-state index is 0.0603. The van der Waals surface area contributed by atoms with Crippen molar-refractivity contribution in [3.05, 3.63) is 34.3 Å². The average molecular weight is 341 g/mol. The largest absolute Gasteiger partial charge is 0.354 e. The number of amides is 2. The lowest BCUT2D eigenvalue weighted by molar-refractivity contribution is -0.125. The van der Waals surface area contributed by atoms with Crippen LogP contribution < -0.4 is 10.6 Å². The third kappa shape index (κ3) is 4.96. The first-order chi connectivity index (χ1) is 9.60. The van der Waals surface area contributed by atoms with E-state index in [1.165, 1.54) is 0 Å². The molecule has 2 N–H and O–H groups in total. The first-order valence-electron chi connectivity index (χ1n) is 6.90. The zero-order valence-corrected chi connectivity index (χ0v) is 13.5. The van der Waals surface area contributed by atoms with Crippen LogP contribution in [-0.4, -0.2) is 24.9 Å². The Labute approximate surface area is 128 Å². The summed E-state index contributed by atoms with van der Waals surface area (Å²) < 4.78 is 0.763. The Hall–Kier alpha value is -1.36. The number of carbonyl (C=O) groups is 2. The molecular formula is C15H21BrN2O2. The molecule has 20 heavy (non-hydrogen) atoms. The van der Waals surface area contributed by atoms with E-state index < -0.39 is 0 Å². The van der Waals surface area contributed by atoms with Gasteiger partial charge in [0.15, 0.2) is 0 Å². The summed E-state index contributed by atoms with van der Waals surface area (Å²) in [5, 5.41) is 5.63. The summed E-state index contributed by atoms with van der Waals surface area (Å²) in [5.74, 6) is -0.0200. The normalized spacial score (nSPS) is 10.4. The minimum Gasteiger partial charge on any atom is -0.354 e. The van der Waals surface area contributed by atoms with Gasteiger partial charge in [0.1, 0.15) is 0 Å². The van der Waals surface area contributed by atoms with Gasteiger partial charge in [-0.05, 0) is 40.9 Å². The molecule has 0 heterocycles.